The summed E-state index contributed by atoms with van der Waals surface area (Å²) < 4.78 is 38.0. The van der Waals surface area contributed by atoms with Crippen molar-refractivity contribution >= 4 is 34.8 Å². The van der Waals surface area contributed by atoms with Crippen LogP contribution in [0.4, 0.5) is 17.1 Å². The van der Waals surface area contributed by atoms with Crippen LogP contribution in [-0.4, -0.2) is 0 Å². The lowest BCUT2D eigenvalue weighted by Gasteiger charge is -2.35. The van der Waals surface area contributed by atoms with Gasteiger partial charge < -0.3 is 4.90 Å². The van der Waals surface area contributed by atoms with Crippen LogP contribution in [0, 0.1) is 0 Å². The SMILES string of the molecule is [2H]c1c([2H])c(N(c2cccc(-c3ccc(/C=C\C=C)c(/C=C\C=C)c3)c2)c2ccc3c(c2)C(c2ccccc2)(c2ccccc2)c2ccccc2-3)c([2H])c([2H])c1C(=C)CCC=C. The Morgan fingerprint density at radius 2 is 1.17 bits per heavy atom. The standard InChI is InChI=1S/C57H47N/c1-5-8-20-42(4)43-33-35-50(36-34-43)58(51-28-19-23-46(40-51)47-32-31-44(21-9-6-2)45(39-47)22-10-7-3)52-37-38-54-53-29-17-18-30-55(53)57(56(54)41-52,48-24-13-11-14-25-48)49-26-15-12-16-27-49/h5-7,9-19,21-41H,1-4,8,20H2/b21-9-,22-10-/i33D,34D,35D,36D. The zero-order valence-corrected chi connectivity index (χ0v) is 32.6. The van der Waals surface area contributed by atoms with Crippen LogP contribution in [-0.2, 0) is 5.41 Å². The maximum absolute atomic E-state index is 9.65. The summed E-state index contributed by atoms with van der Waals surface area (Å²) in [6.07, 6.45) is 14.2. The zero-order chi connectivity index (χ0) is 43.4. The molecule has 280 valence electrons. The van der Waals surface area contributed by atoms with Crippen molar-refractivity contribution in [3.05, 3.63) is 265 Å². The summed E-state index contributed by atoms with van der Waals surface area (Å²) in [7, 11) is 0. The summed E-state index contributed by atoms with van der Waals surface area (Å²) in [6.45, 7) is 15.7. The predicted molar refractivity (Wildman–Crippen MR) is 251 cm³/mol. The van der Waals surface area contributed by atoms with Crippen molar-refractivity contribution in [2.45, 2.75) is 18.3 Å². The van der Waals surface area contributed by atoms with Crippen LogP contribution in [0.1, 0.15) is 57.3 Å². The zero-order valence-electron chi connectivity index (χ0n) is 36.6. The van der Waals surface area contributed by atoms with E-state index < -0.39 is 5.41 Å². The molecule has 0 saturated heterocycles. The van der Waals surface area contributed by atoms with Gasteiger partial charge in [-0.25, -0.2) is 0 Å². The predicted octanol–water partition coefficient (Wildman–Crippen LogP) is 15.6. The highest BCUT2D eigenvalue weighted by Gasteiger charge is 2.46. The minimum Gasteiger partial charge on any atom is -0.310 e. The summed E-state index contributed by atoms with van der Waals surface area (Å²) in [5.41, 5.74) is 12.2. The summed E-state index contributed by atoms with van der Waals surface area (Å²) in [5, 5.41) is 0. The highest BCUT2D eigenvalue weighted by molar-refractivity contribution is 5.90. The Morgan fingerprint density at radius 1 is 0.552 bits per heavy atom. The van der Waals surface area contributed by atoms with Crippen molar-refractivity contribution in [3.8, 4) is 22.3 Å². The van der Waals surface area contributed by atoms with E-state index in [4.69, 9.17) is 0 Å². The second kappa shape index (κ2) is 16.9. The normalized spacial score (nSPS) is 13.5. The monoisotopic (exact) mass is 749 g/mol. The van der Waals surface area contributed by atoms with E-state index in [2.05, 4.69) is 136 Å². The van der Waals surface area contributed by atoms with Crippen LogP contribution in [0.3, 0.4) is 0 Å². The van der Waals surface area contributed by atoms with E-state index in [0.29, 0.717) is 29.8 Å². The topological polar surface area (TPSA) is 3.24 Å². The minimum absolute atomic E-state index is 0.130. The molecule has 1 aliphatic carbocycles. The van der Waals surface area contributed by atoms with Crippen molar-refractivity contribution in [2.24, 2.45) is 0 Å². The first kappa shape index (κ1) is 33.0. The Hall–Kier alpha value is -7.22. The number of fused-ring (bicyclic) bond motifs is 3. The number of nitrogens with zero attached hydrogens (tertiary/aromatic N) is 1. The largest absolute Gasteiger partial charge is 0.310 e. The number of hydrogen-bond acceptors (Lipinski definition) is 1. The van der Waals surface area contributed by atoms with Gasteiger partial charge in [0.2, 0.25) is 0 Å². The molecule has 0 unspecified atom stereocenters. The summed E-state index contributed by atoms with van der Waals surface area (Å²) >= 11 is 0. The second-order valence-corrected chi connectivity index (χ2v) is 14.3. The third-order valence-corrected chi connectivity index (χ3v) is 10.9. The number of benzene rings is 7. The van der Waals surface area contributed by atoms with Crippen molar-refractivity contribution in [1.29, 1.82) is 0 Å². The van der Waals surface area contributed by atoms with Gasteiger partial charge in [-0.3, -0.25) is 0 Å². The Morgan fingerprint density at radius 3 is 1.86 bits per heavy atom. The van der Waals surface area contributed by atoms with Gasteiger partial charge in [0.25, 0.3) is 0 Å². The Balaban J connectivity index is 1.41. The van der Waals surface area contributed by atoms with Gasteiger partial charge in [-0.2, -0.15) is 0 Å². The first-order valence-corrected chi connectivity index (χ1v) is 19.6. The molecular weight excluding hydrogens is 699 g/mol. The molecule has 58 heavy (non-hydrogen) atoms. The first-order chi connectivity index (χ1) is 30.2. The quantitative estimate of drug-likeness (QED) is 0.0790. The summed E-state index contributed by atoms with van der Waals surface area (Å²) in [6, 6.07) is 49.9. The van der Waals surface area contributed by atoms with Gasteiger partial charge in [-0.05, 0) is 122 Å². The molecule has 0 N–H and O–H groups in total. The molecule has 1 aliphatic rings. The van der Waals surface area contributed by atoms with E-state index in [-0.39, 0.29) is 35.4 Å². The molecule has 7 aromatic rings. The number of hydrogen-bond donors (Lipinski definition) is 0. The molecule has 0 bridgehead atoms. The maximum atomic E-state index is 9.65. The molecule has 0 amide bonds. The molecule has 0 atom stereocenters. The molecule has 0 saturated carbocycles. The van der Waals surface area contributed by atoms with Crippen LogP contribution in [0.15, 0.2) is 226 Å². The van der Waals surface area contributed by atoms with E-state index in [1.807, 2.05) is 65.6 Å². The average molecular weight is 750 g/mol. The van der Waals surface area contributed by atoms with Crippen molar-refractivity contribution in [3.63, 3.8) is 0 Å². The number of allylic oxidation sites excluding steroid dienone is 6. The molecule has 0 spiro atoms. The smallest absolute Gasteiger partial charge is 0.0714 e. The van der Waals surface area contributed by atoms with Crippen molar-refractivity contribution in [2.75, 3.05) is 4.90 Å². The molecule has 1 heteroatoms. The van der Waals surface area contributed by atoms with Gasteiger partial charge >= 0.3 is 0 Å². The van der Waals surface area contributed by atoms with Crippen LogP contribution < -0.4 is 4.90 Å². The fourth-order valence-corrected chi connectivity index (χ4v) is 8.19. The molecular formula is C57H47N. The number of anilines is 3. The maximum Gasteiger partial charge on any atom is 0.0714 e. The van der Waals surface area contributed by atoms with Crippen LogP contribution in [0.25, 0.3) is 40.0 Å². The summed E-state index contributed by atoms with van der Waals surface area (Å²) in [5.74, 6) is 0. The fourth-order valence-electron chi connectivity index (χ4n) is 8.19. The fraction of sp³-hybridized carbons (Fsp3) is 0.0526. The molecule has 0 radical (unpaired) electrons. The molecule has 7 aromatic carbocycles. The van der Waals surface area contributed by atoms with Gasteiger partial charge in [0, 0.05) is 17.1 Å². The highest BCUT2D eigenvalue weighted by atomic mass is 15.1. The summed E-state index contributed by atoms with van der Waals surface area (Å²) in [4.78, 5) is 1.89. The van der Waals surface area contributed by atoms with Crippen molar-refractivity contribution in [1.82, 2.24) is 0 Å². The highest BCUT2D eigenvalue weighted by Crippen LogP contribution is 2.57. The van der Waals surface area contributed by atoms with Crippen molar-refractivity contribution < 1.29 is 5.48 Å². The van der Waals surface area contributed by atoms with Crippen LogP contribution in [0.5, 0.6) is 0 Å². The lowest BCUT2D eigenvalue weighted by Crippen LogP contribution is -2.28. The average Bonchev–Trinajstić information content (AvgIpc) is 3.61. The molecule has 0 fully saturated rings. The Bertz CT molecular complexity index is 2850. The second-order valence-electron chi connectivity index (χ2n) is 14.3. The Kier molecular flexibility index (Phi) is 9.59. The van der Waals surface area contributed by atoms with Gasteiger partial charge in [-0.15, -0.1) is 6.58 Å². The molecule has 0 aliphatic heterocycles. The first-order valence-electron chi connectivity index (χ1n) is 21.6. The third kappa shape index (κ3) is 7.04. The van der Waals surface area contributed by atoms with E-state index in [1.165, 1.54) is 0 Å². The molecule has 0 heterocycles. The van der Waals surface area contributed by atoms with E-state index in [0.717, 1.165) is 55.6 Å². The minimum atomic E-state index is -0.698. The van der Waals surface area contributed by atoms with Gasteiger partial charge in [0.05, 0.1) is 10.9 Å². The third-order valence-electron chi connectivity index (χ3n) is 10.9. The van der Waals surface area contributed by atoms with E-state index >= 15 is 0 Å². The molecule has 8 rings (SSSR count). The number of rotatable bonds is 14. The Labute approximate surface area is 349 Å². The van der Waals surface area contributed by atoms with Crippen LogP contribution >= 0.6 is 0 Å². The van der Waals surface area contributed by atoms with Gasteiger partial charge in [-0.1, -0.05) is 190 Å². The van der Waals surface area contributed by atoms with Crippen LogP contribution in [0.2, 0.25) is 0 Å². The van der Waals surface area contributed by atoms with Gasteiger partial charge in [0.15, 0.2) is 0 Å². The lowest BCUT2D eigenvalue weighted by atomic mass is 9.67. The van der Waals surface area contributed by atoms with E-state index in [1.54, 1.807) is 18.2 Å². The van der Waals surface area contributed by atoms with E-state index in [9.17, 15) is 5.48 Å². The molecule has 1 nitrogen and oxygen atoms in total. The molecule has 0 aromatic heterocycles. The van der Waals surface area contributed by atoms with Gasteiger partial charge in [0.1, 0.15) is 0 Å². The lowest BCUT2D eigenvalue weighted by molar-refractivity contribution is 0.768.